The Morgan fingerprint density at radius 3 is 2.88 bits per heavy atom. The lowest BCUT2D eigenvalue weighted by atomic mass is 9.93. The zero-order valence-corrected chi connectivity index (χ0v) is 8.78. The van der Waals surface area contributed by atoms with Crippen molar-refractivity contribution < 1.29 is 4.39 Å². The van der Waals surface area contributed by atoms with Crippen molar-refractivity contribution in [1.82, 2.24) is 9.55 Å². The Bertz CT molecular complexity index is 530. The van der Waals surface area contributed by atoms with Crippen LogP contribution in [0.4, 0.5) is 10.3 Å². The van der Waals surface area contributed by atoms with Gasteiger partial charge in [-0.1, -0.05) is 6.07 Å². The second-order valence-electron chi connectivity index (χ2n) is 4.14. The first-order chi connectivity index (χ1) is 7.81. The van der Waals surface area contributed by atoms with Gasteiger partial charge in [-0.2, -0.15) is 0 Å². The number of nitrogens with one attached hydrogen (secondary N) is 1. The number of imidazole rings is 1. The summed E-state index contributed by atoms with van der Waals surface area (Å²) in [7, 11) is 0. The Labute approximate surface area is 92.2 Å². The van der Waals surface area contributed by atoms with E-state index in [0.717, 1.165) is 18.4 Å². The zero-order valence-electron chi connectivity index (χ0n) is 8.78. The molecule has 1 fully saturated rings. The summed E-state index contributed by atoms with van der Waals surface area (Å²) in [5.74, 6) is 5.67. The van der Waals surface area contributed by atoms with Gasteiger partial charge in [0.2, 0.25) is 5.95 Å². The van der Waals surface area contributed by atoms with Crippen LogP contribution < -0.4 is 11.3 Å². The molecule has 0 unspecified atom stereocenters. The molecule has 0 saturated heterocycles. The molecule has 1 aliphatic rings. The molecular formula is C11H13FN4. The highest BCUT2D eigenvalue weighted by atomic mass is 19.1. The molecule has 1 saturated carbocycles. The van der Waals surface area contributed by atoms with Crippen molar-refractivity contribution in [3.05, 3.63) is 24.0 Å². The highest BCUT2D eigenvalue weighted by Gasteiger charge is 2.25. The summed E-state index contributed by atoms with van der Waals surface area (Å²) in [4.78, 5) is 4.19. The maximum atomic E-state index is 13.6. The third-order valence-corrected chi connectivity index (χ3v) is 3.24. The van der Waals surface area contributed by atoms with Gasteiger partial charge in [0.1, 0.15) is 5.52 Å². The number of benzene rings is 1. The molecule has 0 spiro atoms. The Hall–Kier alpha value is -1.62. The maximum Gasteiger partial charge on any atom is 0.218 e. The average Bonchev–Trinajstić information content (AvgIpc) is 2.57. The van der Waals surface area contributed by atoms with Crippen LogP contribution in [0.25, 0.3) is 11.0 Å². The van der Waals surface area contributed by atoms with E-state index < -0.39 is 0 Å². The number of halogens is 1. The van der Waals surface area contributed by atoms with Crippen LogP contribution in [0.5, 0.6) is 0 Å². The standard InChI is InChI=1S/C11H13FN4/c12-8-5-2-6-9-10(8)14-11(15-13)16(9)7-3-1-4-7/h2,5-7H,1,3-4,13H2,(H,14,15). The summed E-state index contributed by atoms with van der Waals surface area (Å²) in [5.41, 5.74) is 3.75. The zero-order chi connectivity index (χ0) is 11.1. The SMILES string of the molecule is NNc1nc2c(F)cccc2n1C1CCC1. The first kappa shape index (κ1) is 9.59. The summed E-state index contributed by atoms with van der Waals surface area (Å²) in [5, 5.41) is 0. The van der Waals surface area contributed by atoms with E-state index in [9.17, 15) is 4.39 Å². The number of nitrogen functional groups attached to an aromatic ring is 1. The van der Waals surface area contributed by atoms with E-state index in [0.29, 0.717) is 17.5 Å². The lowest BCUT2D eigenvalue weighted by molar-refractivity contribution is 0.323. The summed E-state index contributed by atoms with van der Waals surface area (Å²) in [6.45, 7) is 0. The number of rotatable bonds is 2. The van der Waals surface area contributed by atoms with Crippen molar-refractivity contribution in [2.75, 3.05) is 5.43 Å². The second kappa shape index (κ2) is 3.45. The minimum Gasteiger partial charge on any atom is -0.306 e. The first-order valence-electron chi connectivity index (χ1n) is 5.44. The van der Waals surface area contributed by atoms with Gasteiger partial charge in [0.05, 0.1) is 5.52 Å². The van der Waals surface area contributed by atoms with E-state index in [1.54, 1.807) is 6.07 Å². The summed E-state index contributed by atoms with van der Waals surface area (Å²) >= 11 is 0. The monoisotopic (exact) mass is 220 g/mol. The van der Waals surface area contributed by atoms with Crippen molar-refractivity contribution in [3.8, 4) is 0 Å². The second-order valence-corrected chi connectivity index (χ2v) is 4.14. The third kappa shape index (κ3) is 1.21. The number of nitrogens with two attached hydrogens (primary N) is 1. The maximum absolute atomic E-state index is 13.6. The Balaban J connectivity index is 2.26. The van der Waals surface area contributed by atoms with E-state index in [-0.39, 0.29) is 5.82 Å². The lowest BCUT2D eigenvalue weighted by Gasteiger charge is -2.28. The quantitative estimate of drug-likeness (QED) is 0.602. The predicted molar refractivity (Wildman–Crippen MR) is 60.4 cm³/mol. The Morgan fingerprint density at radius 1 is 1.44 bits per heavy atom. The molecule has 1 aromatic carbocycles. The van der Waals surface area contributed by atoms with Crippen LogP contribution >= 0.6 is 0 Å². The number of fused-ring (bicyclic) bond motifs is 1. The first-order valence-corrected chi connectivity index (χ1v) is 5.44. The molecule has 1 heterocycles. The molecular weight excluding hydrogens is 207 g/mol. The van der Waals surface area contributed by atoms with Gasteiger partial charge in [0.15, 0.2) is 5.82 Å². The van der Waals surface area contributed by atoms with Crippen LogP contribution in [-0.4, -0.2) is 9.55 Å². The van der Waals surface area contributed by atoms with Crippen LogP contribution in [-0.2, 0) is 0 Å². The van der Waals surface area contributed by atoms with Gasteiger partial charge in [-0.05, 0) is 31.4 Å². The fourth-order valence-corrected chi connectivity index (χ4v) is 2.20. The predicted octanol–water partition coefficient (Wildman–Crippen LogP) is 2.19. The van der Waals surface area contributed by atoms with Crippen LogP contribution in [0.15, 0.2) is 18.2 Å². The van der Waals surface area contributed by atoms with E-state index >= 15 is 0 Å². The largest absolute Gasteiger partial charge is 0.306 e. The molecule has 4 nitrogen and oxygen atoms in total. The number of para-hydroxylation sites is 1. The van der Waals surface area contributed by atoms with E-state index in [1.165, 1.54) is 12.5 Å². The average molecular weight is 220 g/mol. The number of hydrogen-bond donors (Lipinski definition) is 2. The molecule has 1 aliphatic carbocycles. The van der Waals surface area contributed by atoms with Gasteiger partial charge in [0, 0.05) is 6.04 Å². The lowest BCUT2D eigenvalue weighted by Crippen LogP contribution is -2.21. The highest BCUT2D eigenvalue weighted by molar-refractivity contribution is 5.79. The number of hydrazine groups is 1. The smallest absolute Gasteiger partial charge is 0.218 e. The fourth-order valence-electron chi connectivity index (χ4n) is 2.20. The van der Waals surface area contributed by atoms with Crippen molar-refractivity contribution in [2.24, 2.45) is 5.84 Å². The van der Waals surface area contributed by atoms with Crippen LogP contribution in [0.2, 0.25) is 0 Å². The van der Waals surface area contributed by atoms with Gasteiger partial charge in [-0.15, -0.1) is 0 Å². The van der Waals surface area contributed by atoms with Gasteiger partial charge in [-0.3, -0.25) is 5.43 Å². The van der Waals surface area contributed by atoms with Crippen molar-refractivity contribution in [2.45, 2.75) is 25.3 Å². The van der Waals surface area contributed by atoms with Crippen LogP contribution in [0, 0.1) is 5.82 Å². The van der Waals surface area contributed by atoms with Gasteiger partial charge in [-0.25, -0.2) is 15.2 Å². The van der Waals surface area contributed by atoms with Crippen molar-refractivity contribution in [1.29, 1.82) is 0 Å². The fraction of sp³-hybridized carbons (Fsp3) is 0.364. The van der Waals surface area contributed by atoms with E-state index in [2.05, 4.69) is 10.4 Å². The molecule has 3 N–H and O–H groups in total. The molecule has 3 rings (SSSR count). The Morgan fingerprint density at radius 2 is 2.25 bits per heavy atom. The minimum absolute atomic E-state index is 0.299. The third-order valence-electron chi connectivity index (χ3n) is 3.24. The summed E-state index contributed by atoms with van der Waals surface area (Å²) < 4.78 is 15.6. The topological polar surface area (TPSA) is 55.9 Å². The molecule has 5 heteroatoms. The van der Waals surface area contributed by atoms with E-state index in [1.807, 2.05) is 10.6 Å². The molecule has 0 bridgehead atoms. The number of nitrogens with zero attached hydrogens (tertiary/aromatic N) is 2. The van der Waals surface area contributed by atoms with Gasteiger partial charge < -0.3 is 4.57 Å². The van der Waals surface area contributed by atoms with Crippen LogP contribution in [0.1, 0.15) is 25.3 Å². The molecule has 16 heavy (non-hydrogen) atoms. The minimum atomic E-state index is -0.299. The van der Waals surface area contributed by atoms with Gasteiger partial charge in [0.25, 0.3) is 0 Å². The van der Waals surface area contributed by atoms with Crippen molar-refractivity contribution >= 4 is 17.0 Å². The van der Waals surface area contributed by atoms with Crippen LogP contribution in [0.3, 0.4) is 0 Å². The molecule has 0 radical (unpaired) electrons. The molecule has 84 valence electrons. The summed E-state index contributed by atoms with van der Waals surface area (Å²) in [6.07, 6.45) is 3.43. The summed E-state index contributed by atoms with van der Waals surface area (Å²) in [6, 6.07) is 5.40. The highest BCUT2D eigenvalue weighted by Crippen LogP contribution is 2.37. The van der Waals surface area contributed by atoms with Crippen molar-refractivity contribution in [3.63, 3.8) is 0 Å². The molecule has 0 amide bonds. The molecule has 2 aromatic rings. The number of hydrogen-bond acceptors (Lipinski definition) is 3. The Kier molecular flexibility index (Phi) is 2.07. The molecule has 1 aromatic heterocycles. The number of anilines is 1. The molecule has 0 atom stereocenters. The molecule has 0 aliphatic heterocycles. The van der Waals surface area contributed by atoms with E-state index in [4.69, 9.17) is 5.84 Å². The van der Waals surface area contributed by atoms with Gasteiger partial charge >= 0.3 is 0 Å². The number of aromatic nitrogens is 2. The normalized spacial score (nSPS) is 16.4.